The molecule has 0 amide bonds. The Balaban J connectivity index is 2.27. The second-order valence-electron chi connectivity index (χ2n) is 5.15. The summed E-state index contributed by atoms with van der Waals surface area (Å²) in [5.41, 5.74) is 1.97. The lowest BCUT2D eigenvalue weighted by molar-refractivity contribution is 0.145. The molecule has 0 saturated carbocycles. The van der Waals surface area contributed by atoms with E-state index in [4.69, 9.17) is 9.47 Å². The number of methoxy groups -OCH3 is 1. The molecule has 0 aliphatic rings. The zero-order chi connectivity index (χ0) is 16.2. The Bertz CT molecular complexity index is 873. The first-order chi connectivity index (χ1) is 11.2. The number of aromatic nitrogens is 2. The monoisotopic (exact) mass is 310 g/mol. The Labute approximate surface area is 134 Å². The van der Waals surface area contributed by atoms with Gasteiger partial charge in [-0.1, -0.05) is 18.2 Å². The number of hydrogen-bond acceptors (Lipinski definition) is 4. The van der Waals surface area contributed by atoms with Crippen LogP contribution >= 0.6 is 0 Å². The molecular formula is C18H18N2O3. The zero-order valence-corrected chi connectivity index (χ0v) is 13.2. The molecule has 2 aromatic heterocycles. The summed E-state index contributed by atoms with van der Waals surface area (Å²) in [6, 6.07) is 13.2. The van der Waals surface area contributed by atoms with Crippen LogP contribution in [0.4, 0.5) is 0 Å². The van der Waals surface area contributed by atoms with E-state index in [-0.39, 0.29) is 5.56 Å². The summed E-state index contributed by atoms with van der Waals surface area (Å²) in [6.07, 6.45) is 1.69. The van der Waals surface area contributed by atoms with Crippen molar-refractivity contribution in [2.75, 3.05) is 20.3 Å². The highest BCUT2D eigenvalue weighted by Gasteiger charge is 2.16. The molecule has 1 aromatic carbocycles. The second kappa shape index (κ2) is 6.62. The SMILES string of the molecule is COCCOc1c(C)c2cccnc2n(-c2ccccc2)c1=O. The summed E-state index contributed by atoms with van der Waals surface area (Å²) in [4.78, 5) is 17.4. The van der Waals surface area contributed by atoms with Crippen molar-refractivity contribution in [2.24, 2.45) is 0 Å². The number of fused-ring (bicyclic) bond motifs is 1. The number of hydrogen-bond donors (Lipinski definition) is 0. The lowest BCUT2D eigenvalue weighted by Gasteiger charge is -2.15. The summed E-state index contributed by atoms with van der Waals surface area (Å²) in [5.74, 6) is 0.339. The number of nitrogens with zero attached hydrogens (tertiary/aromatic N) is 2. The minimum atomic E-state index is -0.212. The Kier molecular flexibility index (Phi) is 4.39. The van der Waals surface area contributed by atoms with Gasteiger partial charge < -0.3 is 9.47 Å². The third kappa shape index (κ3) is 2.83. The highest BCUT2D eigenvalue weighted by Crippen LogP contribution is 2.24. The van der Waals surface area contributed by atoms with E-state index in [2.05, 4.69) is 4.98 Å². The van der Waals surface area contributed by atoms with Crippen LogP contribution in [0, 0.1) is 6.92 Å². The average Bonchev–Trinajstić information content (AvgIpc) is 2.59. The van der Waals surface area contributed by atoms with Crippen LogP contribution in [0.15, 0.2) is 53.5 Å². The number of pyridine rings is 2. The predicted octanol–water partition coefficient (Wildman–Crippen LogP) is 2.72. The van der Waals surface area contributed by atoms with Gasteiger partial charge in [0.1, 0.15) is 12.3 Å². The topological polar surface area (TPSA) is 53.4 Å². The quantitative estimate of drug-likeness (QED) is 0.680. The van der Waals surface area contributed by atoms with E-state index in [9.17, 15) is 4.79 Å². The van der Waals surface area contributed by atoms with E-state index in [1.807, 2.05) is 49.4 Å². The first kappa shape index (κ1) is 15.2. The molecule has 0 aliphatic heterocycles. The molecule has 0 spiro atoms. The third-order valence-corrected chi connectivity index (χ3v) is 3.69. The van der Waals surface area contributed by atoms with Crippen LogP contribution in [-0.2, 0) is 4.74 Å². The van der Waals surface area contributed by atoms with Crippen molar-refractivity contribution in [1.82, 2.24) is 9.55 Å². The van der Waals surface area contributed by atoms with Gasteiger partial charge in [0.25, 0.3) is 5.56 Å². The molecule has 3 rings (SSSR count). The summed E-state index contributed by atoms with van der Waals surface area (Å²) < 4.78 is 12.3. The fourth-order valence-electron chi connectivity index (χ4n) is 2.56. The Hall–Kier alpha value is -2.66. The fourth-order valence-corrected chi connectivity index (χ4v) is 2.56. The van der Waals surface area contributed by atoms with Crippen molar-refractivity contribution >= 4 is 11.0 Å². The molecule has 0 radical (unpaired) electrons. The molecule has 0 saturated heterocycles. The number of rotatable bonds is 5. The zero-order valence-electron chi connectivity index (χ0n) is 13.2. The number of aryl methyl sites for hydroxylation is 1. The van der Waals surface area contributed by atoms with Crippen LogP contribution < -0.4 is 10.3 Å². The molecule has 2 heterocycles. The van der Waals surface area contributed by atoms with Crippen molar-refractivity contribution in [3.63, 3.8) is 0 Å². The van der Waals surface area contributed by atoms with Gasteiger partial charge in [-0.2, -0.15) is 0 Å². The van der Waals surface area contributed by atoms with Crippen molar-refractivity contribution in [2.45, 2.75) is 6.92 Å². The van der Waals surface area contributed by atoms with Crippen molar-refractivity contribution in [3.8, 4) is 11.4 Å². The first-order valence-corrected chi connectivity index (χ1v) is 7.41. The first-order valence-electron chi connectivity index (χ1n) is 7.41. The van der Waals surface area contributed by atoms with Gasteiger partial charge in [0, 0.05) is 24.3 Å². The smallest absolute Gasteiger partial charge is 0.299 e. The molecule has 0 aliphatic carbocycles. The molecule has 0 bridgehead atoms. The molecule has 0 N–H and O–H groups in total. The average molecular weight is 310 g/mol. The van der Waals surface area contributed by atoms with Crippen molar-refractivity contribution < 1.29 is 9.47 Å². The molecule has 3 aromatic rings. The van der Waals surface area contributed by atoms with Crippen molar-refractivity contribution in [1.29, 1.82) is 0 Å². The predicted molar refractivity (Wildman–Crippen MR) is 89.4 cm³/mol. The van der Waals surface area contributed by atoms with Crippen LogP contribution in [-0.4, -0.2) is 29.9 Å². The third-order valence-electron chi connectivity index (χ3n) is 3.69. The Morgan fingerprint density at radius 3 is 2.61 bits per heavy atom. The summed E-state index contributed by atoms with van der Waals surface area (Å²) >= 11 is 0. The normalized spacial score (nSPS) is 10.9. The fraction of sp³-hybridized carbons (Fsp3) is 0.222. The highest BCUT2D eigenvalue weighted by molar-refractivity contribution is 5.82. The van der Waals surface area contributed by atoms with Gasteiger partial charge >= 0.3 is 0 Å². The Morgan fingerprint density at radius 2 is 1.87 bits per heavy atom. The largest absolute Gasteiger partial charge is 0.485 e. The van der Waals surface area contributed by atoms with Crippen LogP contribution in [0.2, 0.25) is 0 Å². The maximum absolute atomic E-state index is 13.0. The van der Waals surface area contributed by atoms with Crippen LogP contribution in [0.5, 0.6) is 5.75 Å². The maximum atomic E-state index is 13.0. The molecular weight excluding hydrogens is 292 g/mol. The molecule has 5 nitrogen and oxygen atoms in total. The van der Waals surface area contributed by atoms with Gasteiger partial charge in [0.2, 0.25) is 0 Å². The van der Waals surface area contributed by atoms with E-state index in [1.165, 1.54) is 0 Å². The summed E-state index contributed by atoms with van der Waals surface area (Å²) in [6.45, 7) is 2.63. The molecule has 5 heteroatoms. The van der Waals surface area contributed by atoms with Crippen LogP contribution in [0.1, 0.15) is 5.56 Å². The summed E-state index contributed by atoms with van der Waals surface area (Å²) in [7, 11) is 1.60. The second-order valence-corrected chi connectivity index (χ2v) is 5.15. The molecule has 0 fully saturated rings. The van der Waals surface area contributed by atoms with Gasteiger partial charge in [-0.3, -0.25) is 9.36 Å². The molecule has 0 atom stereocenters. The molecule has 0 unspecified atom stereocenters. The maximum Gasteiger partial charge on any atom is 0.299 e. The van der Waals surface area contributed by atoms with E-state index < -0.39 is 0 Å². The van der Waals surface area contributed by atoms with Gasteiger partial charge in [0.05, 0.1) is 12.3 Å². The van der Waals surface area contributed by atoms with Gasteiger partial charge in [0.15, 0.2) is 5.75 Å². The number of ether oxygens (including phenoxy) is 2. The number of benzene rings is 1. The van der Waals surface area contributed by atoms with E-state index in [0.29, 0.717) is 24.6 Å². The van der Waals surface area contributed by atoms with E-state index in [1.54, 1.807) is 17.9 Å². The van der Waals surface area contributed by atoms with E-state index in [0.717, 1.165) is 16.6 Å². The van der Waals surface area contributed by atoms with E-state index >= 15 is 0 Å². The minimum absolute atomic E-state index is 0.212. The van der Waals surface area contributed by atoms with Gasteiger partial charge in [-0.15, -0.1) is 0 Å². The molecule has 23 heavy (non-hydrogen) atoms. The van der Waals surface area contributed by atoms with Crippen LogP contribution in [0.25, 0.3) is 16.7 Å². The highest BCUT2D eigenvalue weighted by atomic mass is 16.5. The standard InChI is InChI=1S/C18H18N2O3/c1-13-15-9-6-10-19-17(15)20(14-7-4-3-5-8-14)18(21)16(13)23-12-11-22-2/h3-10H,11-12H2,1-2H3. The number of para-hydroxylation sites is 1. The minimum Gasteiger partial charge on any atom is -0.485 e. The Morgan fingerprint density at radius 1 is 1.09 bits per heavy atom. The molecule has 118 valence electrons. The summed E-state index contributed by atoms with van der Waals surface area (Å²) in [5, 5.41) is 0.892. The van der Waals surface area contributed by atoms with Gasteiger partial charge in [-0.05, 0) is 31.2 Å². The lowest BCUT2D eigenvalue weighted by atomic mass is 10.1. The van der Waals surface area contributed by atoms with Gasteiger partial charge in [-0.25, -0.2) is 4.98 Å². The van der Waals surface area contributed by atoms with Crippen molar-refractivity contribution in [3.05, 3.63) is 64.6 Å². The van der Waals surface area contributed by atoms with Crippen LogP contribution in [0.3, 0.4) is 0 Å². The lowest BCUT2D eigenvalue weighted by Crippen LogP contribution is -2.24.